The minimum atomic E-state index is -5.51. The Morgan fingerprint density at radius 3 is 2.50 bits per heavy atom. The maximum absolute atomic E-state index is 14.9. The number of H-pyrrole nitrogens is 1. The third-order valence-corrected chi connectivity index (χ3v) is 8.46. The fourth-order valence-electron chi connectivity index (χ4n) is 2.61. The second kappa shape index (κ2) is 6.37. The minimum Gasteiger partial charge on any atom is -0.342 e. The van der Waals surface area contributed by atoms with Crippen LogP contribution in [0.25, 0.3) is 22.0 Å². The van der Waals surface area contributed by atoms with Crippen molar-refractivity contribution in [1.29, 1.82) is 0 Å². The molecule has 0 saturated carbocycles. The van der Waals surface area contributed by atoms with Gasteiger partial charge < -0.3 is 14.7 Å². The normalized spacial score (nSPS) is 17.0. The topological polar surface area (TPSA) is 136 Å². The molecule has 0 aliphatic rings. The molecule has 0 aliphatic carbocycles. The molecule has 8 nitrogen and oxygen atoms in total. The number of aromatic nitrogens is 3. The van der Waals surface area contributed by atoms with Gasteiger partial charge in [0.1, 0.15) is 0 Å². The number of fused-ring (bicyclic) bond motifs is 1. The van der Waals surface area contributed by atoms with Gasteiger partial charge in [-0.1, -0.05) is 12.1 Å². The fourth-order valence-corrected chi connectivity index (χ4v) is 5.41. The van der Waals surface area contributed by atoms with E-state index in [1.807, 2.05) is 6.07 Å². The van der Waals surface area contributed by atoms with Crippen molar-refractivity contribution >= 4 is 25.9 Å². The van der Waals surface area contributed by atoms with Crippen LogP contribution in [-0.4, -0.2) is 41.7 Å². The van der Waals surface area contributed by atoms with Gasteiger partial charge in [0, 0.05) is 36.4 Å². The number of pyridine rings is 1. The van der Waals surface area contributed by atoms with Gasteiger partial charge in [0.2, 0.25) is 7.37 Å². The van der Waals surface area contributed by atoms with E-state index >= 15 is 0 Å². The Hall–Kier alpha value is -1.89. The van der Waals surface area contributed by atoms with Crippen LogP contribution in [0.15, 0.2) is 42.9 Å². The fraction of sp³-hybridized carbons (Fsp3) is 0.200. The lowest BCUT2D eigenvalue weighted by atomic mass is 10.0. The Morgan fingerprint density at radius 2 is 1.85 bits per heavy atom. The highest BCUT2D eigenvalue weighted by molar-refractivity contribution is 7.74. The molecule has 0 fully saturated rings. The smallest absolute Gasteiger partial charge is 0.342 e. The van der Waals surface area contributed by atoms with Gasteiger partial charge >= 0.3 is 7.60 Å². The van der Waals surface area contributed by atoms with Gasteiger partial charge in [0.25, 0.3) is 5.15 Å². The van der Waals surface area contributed by atoms with E-state index in [-0.39, 0.29) is 5.56 Å². The van der Waals surface area contributed by atoms with E-state index < -0.39 is 26.5 Å². The third kappa shape index (κ3) is 3.37. The molecule has 11 heteroatoms. The maximum Gasteiger partial charge on any atom is 0.372 e. The number of hydrogen-bond acceptors (Lipinski definition) is 4. The lowest BCUT2D eigenvalue weighted by Crippen LogP contribution is -2.26. The van der Waals surface area contributed by atoms with Crippen LogP contribution in [0.2, 0.25) is 0 Å². The second-order valence-corrected chi connectivity index (χ2v) is 10.7. The molecular formula is C15H16FN3O5P2. The van der Waals surface area contributed by atoms with E-state index in [0.29, 0.717) is 12.2 Å². The largest absolute Gasteiger partial charge is 0.372 e. The Bertz CT molecular complexity index is 1040. The predicted octanol–water partition coefficient (Wildman–Crippen LogP) is 2.87. The van der Waals surface area contributed by atoms with Crippen LogP contribution in [0, 0.1) is 0 Å². The lowest BCUT2D eigenvalue weighted by molar-refractivity contribution is 0.251. The summed E-state index contributed by atoms with van der Waals surface area (Å²) in [6.45, 7) is 0.593. The van der Waals surface area contributed by atoms with Gasteiger partial charge in [-0.05, 0) is 23.3 Å². The number of halogens is 1. The van der Waals surface area contributed by atoms with Gasteiger partial charge in [-0.15, -0.1) is 0 Å². The first-order valence-electron chi connectivity index (χ1n) is 7.44. The highest BCUT2D eigenvalue weighted by atomic mass is 31.2. The highest BCUT2D eigenvalue weighted by Crippen LogP contribution is 2.71. The molecule has 3 rings (SSSR count). The first kappa shape index (κ1) is 18.9. The van der Waals surface area contributed by atoms with Crippen LogP contribution in [0.5, 0.6) is 0 Å². The summed E-state index contributed by atoms with van der Waals surface area (Å²) in [5.74, 6) is 0. The molecule has 3 aromatic rings. The zero-order valence-corrected chi connectivity index (χ0v) is 15.4. The molecule has 0 amide bonds. The molecule has 0 aliphatic heterocycles. The molecule has 1 aromatic carbocycles. The van der Waals surface area contributed by atoms with E-state index in [1.165, 1.54) is 18.5 Å². The van der Waals surface area contributed by atoms with E-state index in [0.717, 1.165) is 16.5 Å². The molecular weight excluding hydrogens is 383 g/mol. The summed E-state index contributed by atoms with van der Waals surface area (Å²) in [4.78, 5) is 32.1. The molecule has 2 aromatic heterocycles. The van der Waals surface area contributed by atoms with Crippen LogP contribution < -0.4 is 0 Å². The van der Waals surface area contributed by atoms with Gasteiger partial charge in [0.15, 0.2) is 0 Å². The molecule has 138 valence electrons. The van der Waals surface area contributed by atoms with Crippen molar-refractivity contribution in [2.45, 2.75) is 11.6 Å². The summed E-state index contributed by atoms with van der Waals surface area (Å²) in [7, 11) is -10.3. The van der Waals surface area contributed by atoms with E-state index in [2.05, 4.69) is 15.2 Å². The van der Waals surface area contributed by atoms with E-state index in [4.69, 9.17) is 0 Å². The van der Waals surface area contributed by atoms with E-state index in [1.54, 1.807) is 18.3 Å². The zero-order chi connectivity index (χ0) is 19.2. The number of nitrogens with one attached hydrogen (secondary N) is 1. The number of hydrogen-bond donors (Lipinski definition) is 4. The molecule has 2 unspecified atom stereocenters. The van der Waals surface area contributed by atoms with Crippen molar-refractivity contribution in [2.24, 2.45) is 0 Å². The van der Waals surface area contributed by atoms with Crippen molar-refractivity contribution in [3.8, 4) is 11.1 Å². The summed E-state index contributed by atoms with van der Waals surface area (Å²) in [6, 6.07) is 6.89. The summed E-state index contributed by atoms with van der Waals surface area (Å²) >= 11 is 0. The monoisotopic (exact) mass is 399 g/mol. The molecule has 2 atom stereocenters. The first-order chi connectivity index (χ1) is 12.0. The van der Waals surface area contributed by atoms with Crippen LogP contribution in [0.4, 0.5) is 4.39 Å². The quantitative estimate of drug-likeness (QED) is 0.484. The average Bonchev–Trinajstić information content (AvgIpc) is 3.00. The van der Waals surface area contributed by atoms with Gasteiger partial charge in [-0.3, -0.25) is 19.2 Å². The molecule has 26 heavy (non-hydrogen) atoms. The highest BCUT2D eigenvalue weighted by Gasteiger charge is 2.59. The van der Waals surface area contributed by atoms with Crippen molar-refractivity contribution in [1.82, 2.24) is 15.2 Å². The molecule has 0 saturated heterocycles. The maximum atomic E-state index is 14.9. The van der Waals surface area contributed by atoms with Crippen LogP contribution in [-0.2, 0) is 15.6 Å². The van der Waals surface area contributed by atoms with Gasteiger partial charge in [0.05, 0.1) is 11.7 Å². The second-order valence-electron chi connectivity index (χ2n) is 6.07. The van der Waals surface area contributed by atoms with Crippen molar-refractivity contribution in [2.75, 3.05) is 6.66 Å². The summed E-state index contributed by atoms with van der Waals surface area (Å²) in [6.07, 6.45) is 3.43. The summed E-state index contributed by atoms with van der Waals surface area (Å²) < 4.78 is 38.2. The van der Waals surface area contributed by atoms with Crippen molar-refractivity contribution in [3.05, 3.63) is 48.4 Å². The number of nitrogens with zero attached hydrogens (tertiary/aromatic N) is 2. The number of aromatic amines is 1. The Balaban J connectivity index is 2.01. The van der Waals surface area contributed by atoms with Crippen molar-refractivity contribution < 1.29 is 28.2 Å². The van der Waals surface area contributed by atoms with Crippen LogP contribution in [0.1, 0.15) is 5.56 Å². The molecule has 2 heterocycles. The molecule has 0 bridgehead atoms. The number of rotatable bonds is 5. The summed E-state index contributed by atoms with van der Waals surface area (Å²) in [5, 5.41) is 4.06. The Labute approximate surface area is 147 Å². The van der Waals surface area contributed by atoms with Gasteiger partial charge in [-0.2, -0.15) is 5.10 Å². The van der Waals surface area contributed by atoms with Crippen LogP contribution >= 0.6 is 15.0 Å². The number of benzene rings is 1. The predicted molar refractivity (Wildman–Crippen MR) is 94.7 cm³/mol. The Kier molecular flexibility index (Phi) is 4.63. The van der Waals surface area contributed by atoms with Crippen molar-refractivity contribution in [3.63, 3.8) is 0 Å². The zero-order valence-electron chi connectivity index (χ0n) is 13.6. The van der Waals surface area contributed by atoms with E-state index in [9.17, 15) is 28.2 Å². The minimum absolute atomic E-state index is 0.0918. The first-order valence-corrected chi connectivity index (χ1v) is 11.2. The average molecular weight is 399 g/mol. The molecule has 0 spiro atoms. The third-order valence-electron chi connectivity index (χ3n) is 4.08. The SMILES string of the molecule is CP(=O)(O)C(F)(Cc1cncc(-c2ccc3cn[nH]c3c2)c1)P(=O)(O)O. The molecule has 4 N–H and O–H groups in total. The van der Waals surface area contributed by atoms with Gasteiger partial charge in [-0.25, -0.2) is 4.39 Å². The molecule has 0 radical (unpaired) electrons. The summed E-state index contributed by atoms with van der Waals surface area (Å²) in [5.41, 5.74) is 2.15. The standard InChI is InChI=1S/C15H16FN3O5P2/c1-25(20,21)15(16,26(22,23)24)6-10-4-13(8-17-7-10)11-2-3-12-9-18-19-14(12)5-11/h2-5,7-9H,6H2,1H3,(H,18,19)(H,20,21)(H2,22,23,24). The number of alkyl halides is 1. The Morgan fingerprint density at radius 1 is 1.12 bits per heavy atom. The lowest BCUT2D eigenvalue weighted by Gasteiger charge is -2.28. The van der Waals surface area contributed by atoms with Crippen LogP contribution in [0.3, 0.4) is 0 Å².